The van der Waals surface area contributed by atoms with Gasteiger partial charge in [-0.05, 0) is 0 Å². The van der Waals surface area contributed by atoms with E-state index in [2.05, 4.69) is 0 Å². The summed E-state index contributed by atoms with van der Waals surface area (Å²) in [6.07, 6.45) is -3.72. The predicted molar refractivity (Wildman–Crippen MR) is 73.0 cm³/mol. The van der Waals surface area contributed by atoms with Crippen LogP contribution < -0.4 is 11.2 Å². The van der Waals surface area contributed by atoms with E-state index in [9.17, 15) is 24.6 Å². The number of rotatable bonds is 4. The lowest BCUT2D eigenvalue weighted by Gasteiger charge is -2.16. The predicted octanol–water partition coefficient (Wildman–Crippen LogP) is -1.64. The smallest absolute Gasteiger partial charge is 0.330 e. The fourth-order valence-electron chi connectivity index (χ4n) is 2.06. The molecule has 4 atom stereocenters. The van der Waals surface area contributed by atoms with Gasteiger partial charge in [-0.25, -0.2) is 4.79 Å². The van der Waals surface area contributed by atoms with E-state index in [1.165, 1.54) is 0 Å². The van der Waals surface area contributed by atoms with E-state index in [1.54, 1.807) is 13.8 Å². The normalized spacial score (nSPS) is 28.0. The van der Waals surface area contributed by atoms with Crippen LogP contribution in [0.5, 0.6) is 0 Å². The molecule has 1 aliphatic heterocycles. The Morgan fingerprint density at radius 2 is 2.09 bits per heavy atom. The lowest BCUT2D eigenvalue weighted by Crippen LogP contribution is -2.37. The number of hydrogen-bond donors (Lipinski definition) is 3. The Bertz CT molecular complexity index is 650. The summed E-state index contributed by atoms with van der Waals surface area (Å²) in [4.78, 5) is 36.2. The van der Waals surface area contributed by atoms with Crippen LogP contribution in [0.25, 0.3) is 0 Å². The second-order valence-electron chi connectivity index (χ2n) is 5.35. The van der Waals surface area contributed by atoms with Gasteiger partial charge in [0, 0.05) is 12.3 Å². The number of aromatic amines is 1. The maximum atomic E-state index is 11.7. The summed E-state index contributed by atoms with van der Waals surface area (Å²) in [6.45, 7) is 3.07. The number of nitrogens with zero attached hydrogens (tertiary/aromatic N) is 1. The fourth-order valence-corrected chi connectivity index (χ4v) is 2.06. The van der Waals surface area contributed by atoms with Crippen molar-refractivity contribution in [2.24, 2.45) is 5.92 Å². The Hall–Kier alpha value is -1.97. The van der Waals surface area contributed by atoms with E-state index >= 15 is 0 Å². The highest BCUT2D eigenvalue weighted by molar-refractivity contribution is 5.71. The number of aromatic nitrogens is 2. The van der Waals surface area contributed by atoms with Gasteiger partial charge in [-0.1, -0.05) is 13.8 Å². The topological polar surface area (TPSA) is 131 Å². The Morgan fingerprint density at radius 1 is 1.41 bits per heavy atom. The van der Waals surface area contributed by atoms with Crippen molar-refractivity contribution in [3.8, 4) is 0 Å². The summed E-state index contributed by atoms with van der Waals surface area (Å²) in [6, 6.07) is 1.09. The number of H-pyrrole nitrogens is 1. The van der Waals surface area contributed by atoms with Crippen molar-refractivity contribution in [2.45, 2.75) is 38.4 Å². The van der Waals surface area contributed by atoms with Crippen molar-refractivity contribution in [1.82, 2.24) is 9.55 Å². The molecule has 1 aromatic heterocycles. The van der Waals surface area contributed by atoms with Crippen molar-refractivity contribution in [2.75, 3.05) is 6.61 Å². The minimum Gasteiger partial charge on any atom is -0.463 e. The van der Waals surface area contributed by atoms with Gasteiger partial charge in [0.25, 0.3) is 5.56 Å². The molecule has 2 heterocycles. The number of nitrogens with one attached hydrogen (secondary N) is 1. The van der Waals surface area contributed by atoms with Gasteiger partial charge in [0.2, 0.25) is 0 Å². The molecular formula is C13H18N2O7. The highest BCUT2D eigenvalue weighted by Crippen LogP contribution is 2.28. The summed E-state index contributed by atoms with van der Waals surface area (Å²) in [5.74, 6) is -0.795. The van der Waals surface area contributed by atoms with E-state index in [0.717, 1.165) is 16.8 Å². The van der Waals surface area contributed by atoms with E-state index in [4.69, 9.17) is 9.47 Å². The molecule has 122 valence electrons. The van der Waals surface area contributed by atoms with Crippen molar-refractivity contribution < 1.29 is 24.5 Å². The first-order chi connectivity index (χ1) is 10.3. The number of aliphatic hydroxyl groups is 2. The second-order valence-corrected chi connectivity index (χ2v) is 5.35. The van der Waals surface area contributed by atoms with Gasteiger partial charge in [-0.3, -0.25) is 19.1 Å². The monoisotopic (exact) mass is 314 g/mol. The molecule has 0 saturated carbocycles. The summed E-state index contributed by atoms with van der Waals surface area (Å²) in [5.41, 5.74) is -1.36. The standard InChI is InChI=1S/C13H18N2O7/c1-6(2)12(19)21-5-7-9(17)10(18)11(22-7)15-4-3-8(16)14-13(15)20/h3-4,6-7,9-11,17-18H,5H2,1-2H3,(H,14,16,20)/t7-,9?,10?,11-/m1/s1. The Kier molecular flexibility index (Phi) is 4.79. The summed E-state index contributed by atoms with van der Waals surface area (Å²) in [7, 11) is 0. The largest absolute Gasteiger partial charge is 0.463 e. The van der Waals surface area contributed by atoms with Gasteiger partial charge in [-0.15, -0.1) is 0 Å². The minimum atomic E-state index is -1.40. The molecule has 0 bridgehead atoms. The van der Waals surface area contributed by atoms with Crippen LogP contribution in [0.15, 0.2) is 21.9 Å². The van der Waals surface area contributed by atoms with Gasteiger partial charge in [-0.2, -0.15) is 0 Å². The third-order valence-corrected chi connectivity index (χ3v) is 3.32. The molecule has 1 aliphatic rings. The third-order valence-electron chi connectivity index (χ3n) is 3.32. The van der Waals surface area contributed by atoms with Crippen LogP contribution in [0, 0.1) is 5.92 Å². The first kappa shape index (κ1) is 16.4. The van der Waals surface area contributed by atoms with Gasteiger partial charge < -0.3 is 19.7 Å². The van der Waals surface area contributed by atoms with Crippen molar-refractivity contribution in [3.63, 3.8) is 0 Å². The van der Waals surface area contributed by atoms with E-state index in [0.29, 0.717) is 0 Å². The maximum Gasteiger partial charge on any atom is 0.330 e. The van der Waals surface area contributed by atoms with Crippen LogP contribution in [-0.2, 0) is 14.3 Å². The maximum absolute atomic E-state index is 11.7. The van der Waals surface area contributed by atoms with Gasteiger partial charge in [0.1, 0.15) is 24.9 Å². The number of ether oxygens (including phenoxy) is 2. The third kappa shape index (κ3) is 3.26. The minimum absolute atomic E-state index is 0.246. The van der Waals surface area contributed by atoms with Gasteiger partial charge in [0.15, 0.2) is 6.23 Å². The number of aliphatic hydroxyl groups excluding tert-OH is 2. The Morgan fingerprint density at radius 3 is 2.68 bits per heavy atom. The van der Waals surface area contributed by atoms with E-state index < -0.39 is 41.8 Å². The lowest BCUT2D eigenvalue weighted by atomic mass is 10.1. The molecule has 0 aliphatic carbocycles. The molecule has 0 spiro atoms. The average molecular weight is 314 g/mol. The van der Waals surface area contributed by atoms with Crippen LogP contribution in [-0.4, -0.2) is 50.7 Å². The zero-order chi connectivity index (χ0) is 16.4. The fraction of sp³-hybridized carbons (Fsp3) is 0.615. The molecule has 0 aromatic carbocycles. The zero-order valence-electron chi connectivity index (χ0n) is 12.1. The average Bonchev–Trinajstić information content (AvgIpc) is 2.73. The molecule has 9 heteroatoms. The highest BCUT2D eigenvalue weighted by Gasteiger charge is 2.44. The number of hydrogen-bond acceptors (Lipinski definition) is 7. The first-order valence-electron chi connectivity index (χ1n) is 6.81. The quantitative estimate of drug-likeness (QED) is 0.568. The molecule has 0 radical (unpaired) electrons. The molecule has 9 nitrogen and oxygen atoms in total. The van der Waals surface area contributed by atoms with E-state index in [1.807, 2.05) is 4.98 Å². The number of carbonyl (C=O) groups is 1. The summed E-state index contributed by atoms with van der Waals surface area (Å²) >= 11 is 0. The second kappa shape index (κ2) is 6.42. The van der Waals surface area contributed by atoms with Crippen LogP contribution in [0.4, 0.5) is 0 Å². The van der Waals surface area contributed by atoms with Crippen molar-refractivity contribution in [3.05, 3.63) is 33.1 Å². The van der Waals surface area contributed by atoms with E-state index in [-0.39, 0.29) is 12.5 Å². The van der Waals surface area contributed by atoms with Crippen LogP contribution in [0.2, 0.25) is 0 Å². The first-order valence-corrected chi connectivity index (χ1v) is 6.81. The Balaban J connectivity index is 2.11. The van der Waals surface area contributed by atoms with Crippen molar-refractivity contribution >= 4 is 5.97 Å². The molecule has 1 aromatic rings. The molecule has 1 saturated heterocycles. The Labute approximate surface area is 125 Å². The number of carbonyl (C=O) groups excluding carboxylic acids is 1. The molecule has 1 fully saturated rings. The van der Waals surface area contributed by atoms with Crippen molar-refractivity contribution in [1.29, 1.82) is 0 Å². The van der Waals surface area contributed by atoms with Crippen LogP contribution in [0.1, 0.15) is 20.1 Å². The van der Waals surface area contributed by atoms with Gasteiger partial charge in [0.05, 0.1) is 5.92 Å². The van der Waals surface area contributed by atoms with Crippen LogP contribution in [0.3, 0.4) is 0 Å². The molecule has 22 heavy (non-hydrogen) atoms. The summed E-state index contributed by atoms with van der Waals surface area (Å²) < 4.78 is 11.3. The highest BCUT2D eigenvalue weighted by atomic mass is 16.6. The SMILES string of the molecule is CC(C)C(=O)OC[C@H]1O[C@@H](n2ccc(=O)[nH]c2=O)C(O)C1O. The van der Waals surface area contributed by atoms with Crippen LogP contribution >= 0.6 is 0 Å². The molecule has 2 unspecified atom stereocenters. The van der Waals surface area contributed by atoms with Gasteiger partial charge >= 0.3 is 11.7 Å². The zero-order valence-corrected chi connectivity index (χ0v) is 12.1. The molecule has 2 rings (SSSR count). The molecule has 0 amide bonds. The lowest BCUT2D eigenvalue weighted by molar-refractivity contribution is -0.153. The molecular weight excluding hydrogens is 296 g/mol. The molecule has 3 N–H and O–H groups in total. The number of esters is 1. The summed E-state index contributed by atoms with van der Waals surface area (Å²) in [5, 5.41) is 19.9.